The third-order valence-electron chi connectivity index (χ3n) is 2.92. The number of carboxylic acids is 1. The standard InChI is InChI=1S/C13H14ClNO3/c1-7(2)15-6-9(12(16)13(17)18)8-4-3-5-10(14)11(8)15/h3-7,12,16H,1-2H3,(H,17,18). The normalized spacial score (nSPS) is 13.2. The molecule has 0 aliphatic carbocycles. The van der Waals surface area contributed by atoms with Gasteiger partial charge < -0.3 is 14.8 Å². The Labute approximate surface area is 109 Å². The molecule has 4 nitrogen and oxygen atoms in total. The molecule has 0 fully saturated rings. The number of hydrogen-bond donors (Lipinski definition) is 2. The number of aliphatic carboxylic acids is 1. The first-order valence-corrected chi connectivity index (χ1v) is 6.01. The molecule has 2 aromatic rings. The Balaban J connectivity index is 2.77. The highest BCUT2D eigenvalue weighted by molar-refractivity contribution is 6.35. The van der Waals surface area contributed by atoms with Crippen molar-refractivity contribution >= 4 is 28.5 Å². The van der Waals surface area contributed by atoms with Crippen LogP contribution in [0.5, 0.6) is 0 Å². The third-order valence-corrected chi connectivity index (χ3v) is 3.22. The zero-order valence-corrected chi connectivity index (χ0v) is 10.8. The fourth-order valence-electron chi connectivity index (χ4n) is 2.05. The van der Waals surface area contributed by atoms with Gasteiger partial charge >= 0.3 is 5.97 Å². The van der Waals surface area contributed by atoms with Crippen molar-refractivity contribution < 1.29 is 15.0 Å². The molecule has 0 bridgehead atoms. The highest BCUT2D eigenvalue weighted by atomic mass is 35.5. The summed E-state index contributed by atoms with van der Waals surface area (Å²) in [4.78, 5) is 10.9. The lowest BCUT2D eigenvalue weighted by molar-refractivity contribution is -0.146. The number of aromatic nitrogens is 1. The van der Waals surface area contributed by atoms with Crippen LogP contribution >= 0.6 is 11.6 Å². The summed E-state index contributed by atoms with van der Waals surface area (Å²) >= 11 is 6.15. The molecule has 1 aromatic heterocycles. The lowest BCUT2D eigenvalue weighted by Gasteiger charge is -2.09. The molecule has 5 heteroatoms. The number of aliphatic hydroxyl groups is 1. The topological polar surface area (TPSA) is 62.5 Å². The highest BCUT2D eigenvalue weighted by Gasteiger charge is 2.23. The van der Waals surface area contributed by atoms with E-state index in [1.54, 1.807) is 24.4 Å². The SMILES string of the molecule is CC(C)n1cc(C(O)C(=O)O)c2cccc(Cl)c21. The Bertz CT molecular complexity index is 604. The molecule has 1 unspecified atom stereocenters. The molecule has 0 saturated heterocycles. The molecule has 2 rings (SSSR count). The van der Waals surface area contributed by atoms with Gasteiger partial charge in [-0.05, 0) is 19.9 Å². The van der Waals surface area contributed by atoms with Gasteiger partial charge in [-0.15, -0.1) is 0 Å². The molecule has 0 amide bonds. The number of rotatable bonds is 3. The smallest absolute Gasteiger partial charge is 0.337 e. The number of halogens is 1. The van der Waals surface area contributed by atoms with Crippen LogP contribution in [0.2, 0.25) is 5.02 Å². The largest absolute Gasteiger partial charge is 0.479 e. The van der Waals surface area contributed by atoms with Crippen molar-refractivity contribution in [1.29, 1.82) is 0 Å². The molecule has 18 heavy (non-hydrogen) atoms. The molecule has 1 heterocycles. The first-order chi connectivity index (χ1) is 8.43. The number of carbonyl (C=O) groups is 1. The van der Waals surface area contributed by atoms with Gasteiger partial charge in [-0.1, -0.05) is 23.7 Å². The van der Waals surface area contributed by atoms with Gasteiger partial charge in [-0.25, -0.2) is 4.79 Å². The van der Waals surface area contributed by atoms with Gasteiger partial charge in [-0.3, -0.25) is 0 Å². The van der Waals surface area contributed by atoms with E-state index in [-0.39, 0.29) is 6.04 Å². The van der Waals surface area contributed by atoms with Crippen molar-refractivity contribution in [3.8, 4) is 0 Å². The average Bonchev–Trinajstić information content (AvgIpc) is 2.69. The first kappa shape index (κ1) is 12.9. The lowest BCUT2D eigenvalue weighted by atomic mass is 10.1. The van der Waals surface area contributed by atoms with E-state index in [0.29, 0.717) is 16.0 Å². The van der Waals surface area contributed by atoms with Crippen LogP contribution in [-0.4, -0.2) is 20.7 Å². The molecule has 1 atom stereocenters. The Morgan fingerprint density at radius 2 is 2.06 bits per heavy atom. The predicted molar refractivity (Wildman–Crippen MR) is 69.9 cm³/mol. The second kappa shape index (κ2) is 4.63. The van der Waals surface area contributed by atoms with Gasteiger partial charge in [0.05, 0.1) is 10.5 Å². The summed E-state index contributed by atoms with van der Waals surface area (Å²) in [6, 6.07) is 5.39. The van der Waals surface area contributed by atoms with Crippen molar-refractivity contribution in [3.63, 3.8) is 0 Å². The molecule has 0 spiro atoms. The second-order valence-electron chi connectivity index (χ2n) is 4.46. The van der Waals surface area contributed by atoms with Crippen molar-refractivity contribution in [2.75, 3.05) is 0 Å². The van der Waals surface area contributed by atoms with Gasteiger partial charge in [0.2, 0.25) is 0 Å². The number of para-hydroxylation sites is 1. The predicted octanol–water partition coefficient (Wildman–Crippen LogP) is 2.99. The fraction of sp³-hybridized carbons (Fsp3) is 0.308. The third kappa shape index (κ3) is 1.98. The Kier molecular flexibility index (Phi) is 3.32. The molecule has 0 saturated carbocycles. The van der Waals surface area contributed by atoms with Crippen LogP contribution in [0, 0.1) is 0 Å². The Hall–Kier alpha value is -1.52. The van der Waals surface area contributed by atoms with E-state index in [4.69, 9.17) is 16.7 Å². The Morgan fingerprint density at radius 1 is 1.39 bits per heavy atom. The summed E-state index contributed by atoms with van der Waals surface area (Å²) in [7, 11) is 0. The van der Waals surface area contributed by atoms with E-state index in [2.05, 4.69) is 0 Å². The van der Waals surface area contributed by atoms with Crippen LogP contribution in [0.4, 0.5) is 0 Å². The lowest BCUT2D eigenvalue weighted by Crippen LogP contribution is -2.10. The van der Waals surface area contributed by atoms with Crippen LogP contribution in [0.3, 0.4) is 0 Å². The zero-order chi connectivity index (χ0) is 13.4. The minimum Gasteiger partial charge on any atom is -0.479 e. The maximum Gasteiger partial charge on any atom is 0.337 e. The maximum absolute atomic E-state index is 10.9. The number of nitrogens with zero attached hydrogens (tertiary/aromatic N) is 1. The molecule has 1 aromatic carbocycles. The molecule has 2 N–H and O–H groups in total. The van der Waals surface area contributed by atoms with Crippen molar-refractivity contribution in [3.05, 3.63) is 35.0 Å². The van der Waals surface area contributed by atoms with Crippen molar-refractivity contribution in [2.45, 2.75) is 26.0 Å². The van der Waals surface area contributed by atoms with Gasteiger partial charge in [0.15, 0.2) is 6.10 Å². The minimum absolute atomic E-state index is 0.127. The Morgan fingerprint density at radius 3 is 2.61 bits per heavy atom. The fourth-order valence-corrected chi connectivity index (χ4v) is 2.32. The summed E-state index contributed by atoms with van der Waals surface area (Å²) in [5.74, 6) is -1.27. The van der Waals surface area contributed by atoms with E-state index in [9.17, 15) is 9.90 Å². The van der Waals surface area contributed by atoms with Crippen LogP contribution in [0.1, 0.15) is 31.6 Å². The molecule has 0 aliphatic heterocycles. The number of fused-ring (bicyclic) bond motifs is 1. The van der Waals surface area contributed by atoms with Gasteiger partial charge in [0.25, 0.3) is 0 Å². The molecule has 0 radical (unpaired) electrons. The van der Waals surface area contributed by atoms with Crippen molar-refractivity contribution in [2.24, 2.45) is 0 Å². The second-order valence-corrected chi connectivity index (χ2v) is 4.87. The van der Waals surface area contributed by atoms with Crippen LogP contribution in [-0.2, 0) is 4.79 Å². The van der Waals surface area contributed by atoms with Gasteiger partial charge in [-0.2, -0.15) is 0 Å². The van der Waals surface area contributed by atoms with Crippen LogP contribution < -0.4 is 0 Å². The number of benzene rings is 1. The first-order valence-electron chi connectivity index (χ1n) is 5.63. The van der Waals surface area contributed by atoms with E-state index in [1.807, 2.05) is 18.4 Å². The zero-order valence-electron chi connectivity index (χ0n) is 10.1. The van der Waals surface area contributed by atoms with E-state index >= 15 is 0 Å². The van der Waals surface area contributed by atoms with Crippen LogP contribution in [0.25, 0.3) is 10.9 Å². The molecule has 96 valence electrons. The molecular formula is C13H14ClNO3. The summed E-state index contributed by atoms with van der Waals surface area (Å²) in [5.41, 5.74) is 1.12. The van der Waals surface area contributed by atoms with E-state index in [1.165, 1.54) is 0 Å². The highest BCUT2D eigenvalue weighted by Crippen LogP contribution is 2.33. The quantitative estimate of drug-likeness (QED) is 0.899. The average molecular weight is 268 g/mol. The molecular weight excluding hydrogens is 254 g/mol. The number of carboxylic acid groups (broad SMARTS) is 1. The minimum atomic E-state index is -1.54. The number of aliphatic hydroxyl groups excluding tert-OH is 1. The monoisotopic (exact) mass is 267 g/mol. The summed E-state index contributed by atoms with van der Waals surface area (Å²) in [5, 5.41) is 19.9. The summed E-state index contributed by atoms with van der Waals surface area (Å²) in [6.07, 6.45) is 0.117. The summed E-state index contributed by atoms with van der Waals surface area (Å²) < 4.78 is 1.87. The maximum atomic E-state index is 10.9. The number of hydrogen-bond acceptors (Lipinski definition) is 2. The van der Waals surface area contributed by atoms with Crippen molar-refractivity contribution in [1.82, 2.24) is 4.57 Å². The van der Waals surface area contributed by atoms with Gasteiger partial charge in [0.1, 0.15) is 0 Å². The van der Waals surface area contributed by atoms with E-state index < -0.39 is 12.1 Å². The summed E-state index contributed by atoms with van der Waals surface area (Å²) in [6.45, 7) is 3.94. The van der Waals surface area contributed by atoms with E-state index in [0.717, 1.165) is 5.52 Å². The molecule has 0 aliphatic rings. The van der Waals surface area contributed by atoms with Gasteiger partial charge in [0, 0.05) is 23.2 Å². The van der Waals surface area contributed by atoms with Crippen LogP contribution in [0.15, 0.2) is 24.4 Å².